The number of phenolic OH excluding ortho intramolecular Hbond substituents is 2. The van der Waals surface area contributed by atoms with Crippen molar-refractivity contribution in [3.63, 3.8) is 0 Å². The maximum Gasteiger partial charge on any atom is 0.302 e. The molecular weight excluding hydrogens is 658 g/mol. The Bertz CT molecular complexity index is 2150. The van der Waals surface area contributed by atoms with Crippen LogP contribution in [0, 0.1) is 17.8 Å². The topological polar surface area (TPSA) is 145 Å². The van der Waals surface area contributed by atoms with Gasteiger partial charge in [-0.15, -0.1) is 0 Å². The van der Waals surface area contributed by atoms with Crippen LogP contribution in [0.3, 0.4) is 0 Å². The molecule has 4 aromatic rings. The van der Waals surface area contributed by atoms with Crippen molar-refractivity contribution in [3.05, 3.63) is 87.6 Å². The number of carbonyl (C=O) groups excluding carboxylic acids is 1. The van der Waals surface area contributed by atoms with Crippen LogP contribution >= 0.6 is 0 Å². The number of aromatic hydroxyl groups is 2. The summed E-state index contributed by atoms with van der Waals surface area (Å²) < 4.78 is 24.9. The second-order valence-electron chi connectivity index (χ2n) is 14.5. The van der Waals surface area contributed by atoms with Crippen molar-refractivity contribution in [2.24, 2.45) is 5.92 Å². The van der Waals surface area contributed by atoms with E-state index in [-0.39, 0.29) is 35.4 Å². The van der Waals surface area contributed by atoms with E-state index in [1.165, 1.54) is 6.92 Å². The van der Waals surface area contributed by atoms with E-state index in [2.05, 4.69) is 34.3 Å². The predicted octanol–water partition coefficient (Wildman–Crippen LogP) is 5.87. The number of esters is 1. The van der Waals surface area contributed by atoms with Gasteiger partial charge in [0.15, 0.2) is 11.5 Å². The van der Waals surface area contributed by atoms with Gasteiger partial charge in [0.2, 0.25) is 0 Å². The Labute approximate surface area is 303 Å². The number of nitrogens with two attached hydrogens (primary N) is 1. The quantitative estimate of drug-likeness (QED) is 0.105. The molecule has 10 nitrogen and oxygen atoms in total. The molecule has 1 aromatic heterocycles. The summed E-state index contributed by atoms with van der Waals surface area (Å²) in [7, 11) is 3.47. The summed E-state index contributed by atoms with van der Waals surface area (Å²) in [4.78, 5) is 17.0. The minimum Gasteiger partial charge on any atom is -0.508 e. The first-order valence-electron chi connectivity index (χ1n) is 17.9. The Morgan fingerprint density at radius 1 is 1.10 bits per heavy atom. The third-order valence-corrected chi connectivity index (χ3v) is 11.2. The number of carbonyl (C=O) groups is 1. The highest BCUT2D eigenvalue weighted by molar-refractivity contribution is 5.84. The van der Waals surface area contributed by atoms with Gasteiger partial charge in [0.05, 0.1) is 13.0 Å². The van der Waals surface area contributed by atoms with Crippen LogP contribution in [0.5, 0.6) is 28.7 Å². The van der Waals surface area contributed by atoms with E-state index in [4.69, 9.17) is 24.7 Å². The Balaban J connectivity index is 1.38. The lowest BCUT2D eigenvalue weighted by molar-refractivity contribution is -0.141. The monoisotopic (exact) mass is 701 g/mol. The number of pyridine rings is 1. The number of nitrogens with one attached hydrogen (secondary N) is 1. The molecule has 1 spiro atoms. The third kappa shape index (κ3) is 5.83. The zero-order valence-corrected chi connectivity index (χ0v) is 29.7. The minimum atomic E-state index is -0.576. The maximum absolute atomic E-state index is 12.3. The number of nitrogens with zero attached hydrogens (tertiary/aromatic N) is 1. The van der Waals surface area contributed by atoms with Crippen molar-refractivity contribution in [3.8, 4) is 51.7 Å². The van der Waals surface area contributed by atoms with E-state index in [0.29, 0.717) is 54.9 Å². The largest absolute Gasteiger partial charge is 0.508 e. The van der Waals surface area contributed by atoms with Crippen LogP contribution in [-0.2, 0) is 34.2 Å². The number of benzene rings is 3. The number of aromatic nitrogens is 1. The number of rotatable bonds is 7. The standard InChI is InChI=1S/C42H43N3O7/c1-23(46)51-22-32-29-8-9-30-38-27(16-28(47)18-36(38)49-3)21-42-12-11-24(20-42)15-26-7-10-37(43)45-33(26)6-4-5-25-17-34(48)35(50-14-13-44-2)19-31(25)40(32)52-41(29)39(30)42/h7-10,16-19,24,32,40,44,47-48H,5,11-15,20-22H2,1-3H3,(H2,43,45)/t24-,32+,40+,42+/m0/s1. The molecule has 8 rings (SSSR count). The molecule has 4 atom stereocenters. The van der Waals surface area contributed by atoms with Gasteiger partial charge in [-0.05, 0) is 97.5 Å². The van der Waals surface area contributed by atoms with Crippen LogP contribution in [0.25, 0.3) is 11.1 Å². The van der Waals surface area contributed by atoms with Gasteiger partial charge in [-0.3, -0.25) is 4.79 Å². The van der Waals surface area contributed by atoms with Gasteiger partial charge in [0.1, 0.15) is 48.1 Å². The molecule has 0 unspecified atom stereocenters. The van der Waals surface area contributed by atoms with Crippen LogP contribution in [0.2, 0.25) is 0 Å². The molecule has 2 aliphatic heterocycles. The second kappa shape index (κ2) is 13.3. The van der Waals surface area contributed by atoms with Crippen molar-refractivity contribution in [2.45, 2.75) is 62.9 Å². The molecule has 4 aliphatic rings. The number of hydrogen-bond donors (Lipinski definition) is 4. The molecule has 0 saturated heterocycles. The molecule has 268 valence electrons. The normalized spacial score (nSPS) is 21.9. The van der Waals surface area contributed by atoms with E-state index in [1.807, 2.05) is 31.3 Å². The lowest BCUT2D eigenvalue weighted by Crippen LogP contribution is -2.31. The number of hydrogen-bond acceptors (Lipinski definition) is 10. The fraction of sp³-hybridized carbons (Fsp3) is 0.381. The van der Waals surface area contributed by atoms with Crippen LogP contribution in [-0.4, -0.2) is 55.1 Å². The number of likely N-dealkylation sites (N-methyl/N-ethyl adjacent to an activating group) is 1. The molecule has 0 radical (unpaired) electrons. The lowest BCUT2D eigenvalue weighted by atomic mass is 9.65. The molecule has 3 heterocycles. The van der Waals surface area contributed by atoms with E-state index in [9.17, 15) is 15.0 Å². The zero-order valence-electron chi connectivity index (χ0n) is 29.7. The minimum absolute atomic E-state index is 0.00461. The first-order chi connectivity index (χ1) is 25.2. The fourth-order valence-corrected chi connectivity index (χ4v) is 9.04. The molecule has 52 heavy (non-hydrogen) atoms. The van der Waals surface area contributed by atoms with Crippen molar-refractivity contribution in [2.75, 3.05) is 39.6 Å². The average Bonchev–Trinajstić information content (AvgIpc) is 3.69. The molecule has 10 heteroatoms. The first kappa shape index (κ1) is 33.7. The van der Waals surface area contributed by atoms with Gasteiger partial charge in [-0.2, -0.15) is 0 Å². The lowest BCUT2D eigenvalue weighted by Gasteiger charge is -2.39. The molecule has 3 aromatic carbocycles. The van der Waals surface area contributed by atoms with Gasteiger partial charge >= 0.3 is 5.97 Å². The first-order valence-corrected chi connectivity index (χ1v) is 17.9. The van der Waals surface area contributed by atoms with Gasteiger partial charge in [-0.25, -0.2) is 4.98 Å². The number of methoxy groups -OCH3 is 1. The van der Waals surface area contributed by atoms with Crippen molar-refractivity contribution >= 4 is 11.8 Å². The Morgan fingerprint density at radius 3 is 2.77 bits per heavy atom. The highest BCUT2D eigenvalue weighted by Crippen LogP contribution is 2.62. The van der Waals surface area contributed by atoms with Gasteiger partial charge in [-0.1, -0.05) is 24.1 Å². The Morgan fingerprint density at radius 2 is 1.96 bits per heavy atom. The van der Waals surface area contributed by atoms with Crippen molar-refractivity contribution in [1.82, 2.24) is 10.3 Å². The predicted molar refractivity (Wildman–Crippen MR) is 196 cm³/mol. The van der Waals surface area contributed by atoms with E-state index < -0.39 is 6.10 Å². The number of anilines is 1. The summed E-state index contributed by atoms with van der Waals surface area (Å²) >= 11 is 0. The van der Waals surface area contributed by atoms with E-state index >= 15 is 0 Å². The van der Waals surface area contributed by atoms with Crippen LogP contribution in [0.15, 0.2) is 48.5 Å². The number of nitrogen functional groups attached to an aromatic ring is 1. The van der Waals surface area contributed by atoms with E-state index in [1.54, 1.807) is 19.2 Å². The summed E-state index contributed by atoms with van der Waals surface area (Å²) in [5.74, 6) is 8.58. The number of phenols is 2. The van der Waals surface area contributed by atoms with Crippen LogP contribution < -0.4 is 25.3 Å². The maximum atomic E-state index is 12.3. The summed E-state index contributed by atoms with van der Waals surface area (Å²) in [6, 6.07) is 15.2. The van der Waals surface area contributed by atoms with E-state index in [0.717, 1.165) is 75.9 Å². The summed E-state index contributed by atoms with van der Waals surface area (Å²) in [5.41, 5.74) is 14.3. The number of fused-ring (bicyclic) bond motifs is 7. The smallest absolute Gasteiger partial charge is 0.302 e. The number of ether oxygens (including phenoxy) is 4. The molecule has 5 N–H and O–H groups in total. The zero-order chi connectivity index (χ0) is 36.1. The average molecular weight is 702 g/mol. The Hall–Kier alpha value is -5.40. The summed E-state index contributed by atoms with van der Waals surface area (Å²) in [6.07, 6.45) is 4.01. The molecule has 2 aliphatic carbocycles. The molecule has 1 saturated carbocycles. The molecule has 1 fully saturated rings. The molecule has 4 bridgehead atoms. The highest BCUT2D eigenvalue weighted by atomic mass is 16.5. The van der Waals surface area contributed by atoms with Crippen molar-refractivity contribution in [1.29, 1.82) is 0 Å². The van der Waals surface area contributed by atoms with Gasteiger partial charge in [0, 0.05) is 53.6 Å². The molecular formula is C42H43N3O7. The summed E-state index contributed by atoms with van der Waals surface area (Å²) in [6.45, 7) is 2.46. The van der Waals surface area contributed by atoms with Crippen LogP contribution in [0.1, 0.15) is 77.3 Å². The SMILES string of the molecule is CNCCOc1cc2c(cc1O)CC#Cc1nc(N)ccc1C[C@@H]1CC[C@]3(Cc4cc(O)cc(OC)c4-c4ccc5c(c43)O[C@H]2[C@@H]5COC(C)=O)C1. The third-order valence-electron chi connectivity index (χ3n) is 11.2. The molecule has 0 amide bonds. The van der Waals surface area contributed by atoms with Crippen LogP contribution in [0.4, 0.5) is 5.82 Å². The van der Waals surface area contributed by atoms with Gasteiger partial charge < -0.3 is 40.2 Å². The van der Waals surface area contributed by atoms with Gasteiger partial charge in [0.25, 0.3) is 0 Å². The van der Waals surface area contributed by atoms with Crippen molar-refractivity contribution < 1.29 is 34.0 Å². The fourth-order valence-electron chi connectivity index (χ4n) is 9.04. The summed E-state index contributed by atoms with van der Waals surface area (Å²) in [5, 5.41) is 25.0. The highest BCUT2D eigenvalue weighted by Gasteiger charge is 2.50. The second-order valence-corrected chi connectivity index (χ2v) is 14.5. The Kier molecular flexibility index (Phi) is 8.62.